The maximum absolute atomic E-state index is 8.86. The van der Waals surface area contributed by atoms with Crippen molar-refractivity contribution in [2.45, 2.75) is 12.8 Å². The molecule has 0 fully saturated rings. The summed E-state index contributed by atoms with van der Waals surface area (Å²) >= 11 is 7.87. The zero-order valence-corrected chi connectivity index (χ0v) is 9.97. The second-order valence-electron chi connectivity index (χ2n) is 2.67. The van der Waals surface area contributed by atoms with E-state index in [1.165, 1.54) is 0 Å². The van der Waals surface area contributed by atoms with Crippen molar-refractivity contribution < 1.29 is 0 Å². The van der Waals surface area contributed by atoms with Crippen LogP contribution in [0, 0.1) is 14.9 Å². The van der Waals surface area contributed by atoms with Crippen LogP contribution in [0.5, 0.6) is 0 Å². The number of alkyl halides is 1. The number of hydrogen-bond donors (Lipinski definition) is 0. The van der Waals surface area contributed by atoms with Crippen LogP contribution in [-0.4, -0.2) is 5.88 Å². The van der Waals surface area contributed by atoms with Gasteiger partial charge in [0, 0.05) is 9.45 Å². The minimum Gasteiger partial charge on any atom is -0.192 e. The standard InChI is InChI=1S/C10H9ClIN/c11-6-2-4-9-8(7-13)3-1-5-10(9)12/h1,3,5H,2,4,6H2. The molecule has 13 heavy (non-hydrogen) atoms. The fourth-order valence-electron chi connectivity index (χ4n) is 1.16. The van der Waals surface area contributed by atoms with Crippen molar-refractivity contribution in [3.05, 3.63) is 32.9 Å². The van der Waals surface area contributed by atoms with E-state index in [1.54, 1.807) is 0 Å². The smallest absolute Gasteiger partial charge is 0.0994 e. The Hall–Kier alpha value is -0.270. The van der Waals surface area contributed by atoms with Crippen molar-refractivity contribution in [3.8, 4) is 6.07 Å². The third-order valence-electron chi connectivity index (χ3n) is 1.80. The lowest BCUT2D eigenvalue weighted by molar-refractivity contribution is 0.919. The minimum absolute atomic E-state index is 0.649. The molecule has 0 amide bonds. The summed E-state index contributed by atoms with van der Waals surface area (Å²) in [6.45, 7) is 0. The topological polar surface area (TPSA) is 23.8 Å². The third kappa shape index (κ3) is 2.85. The quantitative estimate of drug-likeness (QED) is 0.621. The van der Waals surface area contributed by atoms with E-state index in [9.17, 15) is 0 Å². The average molecular weight is 306 g/mol. The second-order valence-corrected chi connectivity index (χ2v) is 4.21. The number of hydrogen-bond acceptors (Lipinski definition) is 1. The molecule has 0 aliphatic carbocycles. The molecule has 3 heteroatoms. The molecule has 0 bridgehead atoms. The van der Waals surface area contributed by atoms with Crippen LogP contribution in [0.1, 0.15) is 17.5 Å². The summed E-state index contributed by atoms with van der Waals surface area (Å²) in [4.78, 5) is 0. The van der Waals surface area contributed by atoms with Gasteiger partial charge in [-0.2, -0.15) is 5.26 Å². The lowest BCUT2D eigenvalue weighted by atomic mass is 10.0. The monoisotopic (exact) mass is 305 g/mol. The predicted octanol–water partition coefficient (Wildman–Crippen LogP) is 3.33. The van der Waals surface area contributed by atoms with Gasteiger partial charge >= 0.3 is 0 Å². The fraction of sp³-hybridized carbons (Fsp3) is 0.300. The van der Waals surface area contributed by atoms with Crippen LogP contribution in [0.4, 0.5) is 0 Å². The normalized spacial score (nSPS) is 9.62. The van der Waals surface area contributed by atoms with Crippen LogP contribution in [0.25, 0.3) is 0 Å². The van der Waals surface area contributed by atoms with E-state index in [-0.39, 0.29) is 0 Å². The first-order valence-electron chi connectivity index (χ1n) is 4.03. The molecule has 0 aromatic heterocycles. The molecule has 0 aliphatic heterocycles. The van der Waals surface area contributed by atoms with E-state index in [1.807, 2.05) is 18.2 Å². The molecule has 0 atom stereocenters. The van der Waals surface area contributed by atoms with Gasteiger partial charge in [0.2, 0.25) is 0 Å². The molecule has 1 rings (SSSR count). The Kier molecular flexibility index (Phi) is 4.54. The van der Waals surface area contributed by atoms with Crippen molar-refractivity contribution in [2.75, 3.05) is 5.88 Å². The number of halogens is 2. The van der Waals surface area contributed by atoms with E-state index in [0.29, 0.717) is 5.88 Å². The Morgan fingerprint density at radius 2 is 2.23 bits per heavy atom. The molecule has 0 spiro atoms. The second kappa shape index (κ2) is 5.46. The zero-order valence-electron chi connectivity index (χ0n) is 7.06. The molecule has 1 aromatic carbocycles. The summed E-state index contributed by atoms with van der Waals surface area (Å²) in [6.07, 6.45) is 1.82. The number of rotatable bonds is 3. The van der Waals surface area contributed by atoms with Crippen molar-refractivity contribution in [2.24, 2.45) is 0 Å². The zero-order chi connectivity index (χ0) is 9.68. The first-order chi connectivity index (χ1) is 6.29. The third-order valence-corrected chi connectivity index (χ3v) is 3.08. The molecular weight excluding hydrogens is 296 g/mol. The number of nitriles is 1. The van der Waals surface area contributed by atoms with Crippen molar-refractivity contribution in [1.29, 1.82) is 5.26 Å². The summed E-state index contributed by atoms with van der Waals surface area (Å²) < 4.78 is 1.15. The predicted molar refractivity (Wildman–Crippen MR) is 62.9 cm³/mol. The summed E-state index contributed by atoms with van der Waals surface area (Å²) in [7, 11) is 0. The molecular formula is C10H9ClIN. The van der Waals surface area contributed by atoms with E-state index in [4.69, 9.17) is 16.9 Å². The SMILES string of the molecule is N#Cc1cccc(I)c1CCCCl. The Labute approximate surface area is 96.8 Å². The summed E-state index contributed by atoms with van der Waals surface area (Å²) in [5, 5.41) is 8.86. The van der Waals surface area contributed by atoms with Crippen LogP contribution >= 0.6 is 34.2 Å². The van der Waals surface area contributed by atoms with Crippen LogP contribution in [-0.2, 0) is 6.42 Å². The minimum atomic E-state index is 0.649. The van der Waals surface area contributed by atoms with Crippen LogP contribution in [0.15, 0.2) is 18.2 Å². The van der Waals surface area contributed by atoms with Gasteiger partial charge < -0.3 is 0 Å². The van der Waals surface area contributed by atoms with E-state index in [0.717, 1.165) is 27.5 Å². The van der Waals surface area contributed by atoms with Gasteiger partial charge in [0.25, 0.3) is 0 Å². The van der Waals surface area contributed by atoms with E-state index in [2.05, 4.69) is 28.7 Å². The molecule has 0 N–H and O–H groups in total. The van der Waals surface area contributed by atoms with Gasteiger partial charge in [-0.15, -0.1) is 11.6 Å². The fourth-order valence-corrected chi connectivity index (χ4v) is 2.06. The van der Waals surface area contributed by atoms with Crippen molar-refractivity contribution in [3.63, 3.8) is 0 Å². The molecule has 0 unspecified atom stereocenters. The van der Waals surface area contributed by atoms with Crippen molar-refractivity contribution >= 4 is 34.2 Å². The highest BCUT2D eigenvalue weighted by molar-refractivity contribution is 14.1. The summed E-state index contributed by atoms with van der Waals surface area (Å²) in [6, 6.07) is 7.98. The van der Waals surface area contributed by atoms with E-state index >= 15 is 0 Å². The van der Waals surface area contributed by atoms with Crippen LogP contribution in [0.2, 0.25) is 0 Å². The van der Waals surface area contributed by atoms with Gasteiger partial charge in [0.1, 0.15) is 0 Å². The summed E-state index contributed by atoms with van der Waals surface area (Å²) in [5.41, 5.74) is 1.91. The molecule has 0 aliphatic rings. The Morgan fingerprint density at radius 3 is 2.85 bits per heavy atom. The van der Waals surface area contributed by atoms with Gasteiger partial charge in [-0.1, -0.05) is 6.07 Å². The Bertz CT molecular complexity index is 330. The van der Waals surface area contributed by atoms with Gasteiger partial charge in [-0.25, -0.2) is 0 Å². The Morgan fingerprint density at radius 1 is 1.46 bits per heavy atom. The highest BCUT2D eigenvalue weighted by Crippen LogP contribution is 2.18. The average Bonchev–Trinajstić information content (AvgIpc) is 2.15. The number of nitrogens with zero attached hydrogens (tertiary/aromatic N) is 1. The van der Waals surface area contributed by atoms with Gasteiger partial charge in [0.15, 0.2) is 0 Å². The van der Waals surface area contributed by atoms with Crippen LogP contribution < -0.4 is 0 Å². The highest BCUT2D eigenvalue weighted by Gasteiger charge is 2.04. The molecule has 0 heterocycles. The lowest BCUT2D eigenvalue weighted by Gasteiger charge is -2.04. The first kappa shape index (κ1) is 10.8. The molecule has 0 saturated carbocycles. The number of benzene rings is 1. The maximum Gasteiger partial charge on any atom is 0.0994 e. The van der Waals surface area contributed by atoms with Gasteiger partial charge in [-0.3, -0.25) is 0 Å². The molecule has 68 valence electrons. The first-order valence-corrected chi connectivity index (χ1v) is 5.64. The van der Waals surface area contributed by atoms with Crippen LogP contribution in [0.3, 0.4) is 0 Å². The highest BCUT2D eigenvalue weighted by atomic mass is 127. The summed E-state index contributed by atoms with van der Waals surface area (Å²) in [5.74, 6) is 0.649. The molecule has 0 radical (unpaired) electrons. The molecule has 0 saturated heterocycles. The molecule has 1 nitrogen and oxygen atoms in total. The Balaban J connectivity index is 2.95. The maximum atomic E-state index is 8.86. The van der Waals surface area contributed by atoms with Crippen molar-refractivity contribution in [1.82, 2.24) is 0 Å². The largest absolute Gasteiger partial charge is 0.192 e. The van der Waals surface area contributed by atoms with Gasteiger partial charge in [-0.05, 0) is 53.1 Å². The van der Waals surface area contributed by atoms with Gasteiger partial charge in [0.05, 0.1) is 11.6 Å². The lowest BCUT2D eigenvalue weighted by Crippen LogP contribution is -1.94. The van der Waals surface area contributed by atoms with E-state index < -0.39 is 0 Å². The molecule has 1 aromatic rings.